The van der Waals surface area contributed by atoms with E-state index in [9.17, 15) is 0 Å². The number of rotatable bonds is 8. The molecule has 1 saturated heterocycles. The molecule has 7 heteroatoms. The standard InChI is InChI=1S/C13H28O4Si.CHNO/c1-5-10-13(14-6-2)11-9-12-18(17-13,15-7-3)16-8-4;2-1-3/h5-12H2,1-4H3;2H. The third-order valence-electron chi connectivity index (χ3n) is 3.15. The molecule has 0 aromatic carbocycles. The van der Waals surface area contributed by atoms with Gasteiger partial charge in [-0.15, -0.1) is 0 Å². The van der Waals surface area contributed by atoms with Crippen LogP contribution in [-0.2, 0) is 22.8 Å². The molecule has 21 heavy (non-hydrogen) atoms. The summed E-state index contributed by atoms with van der Waals surface area (Å²) in [6.45, 7) is 10.1. The van der Waals surface area contributed by atoms with E-state index in [0.29, 0.717) is 19.8 Å². The first-order valence-corrected chi connectivity index (χ1v) is 9.66. The highest BCUT2D eigenvalue weighted by molar-refractivity contribution is 6.61. The van der Waals surface area contributed by atoms with Gasteiger partial charge in [-0.25, -0.2) is 10.2 Å². The second-order valence-corrected chi connectivity index (χ2v) is 7.35. The zero-order chi connectivity index (χ0) is 16.2. The van der Waals surface area contributed by atoms with Crippen molar-refractivity contribution in [1.29, 1.82) is 5.41 Å². The molecule has 0 bridgehead atoms. The van der Waals surface area contributed by atoms with Crippen LogP contribution in [0.25, 0.3) is 0 Å². The fourth-order valence-electron chi connectivity index (χ4n) is 2.64. The molecule has 0 radical (unpaired) electrons. The molecule has 0 amide bonds. The molecule has 124 valence electrons. The lowest BCUT2D eigenvalue weighted by molar-refractivity contribution is -0.225. The highest BCUT2D eigenvalue weighted by Gasteiger charge is 2.52. The Morgan fingerprint density at radius 2 is 1.76 bits per heavy atom. The number of hydrogen-bond donors (Lipinski definition) is 1. The van der Waals surface area contributed by atoms with Gasteiger partial charge in [0, 0.05) is 38.7 Å². The Hall–Kier alpha value is -0.563. The Morgan fingerprint density at radius 3 is 2.19 bits per heavy atom. The van der Waals surface area contributed by atoms with Crippen molar-refractivity contribution < 1.29 is 22.8 Å². The van der Waals surface area contributed by atoms with Crippen LogP contribution in [0, 0.1) is 5.41 Å². The molecule has 0 spiro atoms. The second-order valence-electron chi connectivity index (χ2n) is 4.70. The van der Waals surface area contributed by atoms with E-state index in [4.69, 9.17) is 28.2 Å². The minimum Gasteiger partial charge on any atom is -0.374 e. The Balaban J connectivity index is 0.00000122. The minimum atomic E-state index is -2.52. The van der Waals surface area contributed by atoms with Gasteiger partial charge in [-0.2, -0.15) is 0 Å². The summed E-state index contributed by atoms with van der Waals surface area (Å²) in [5.74, 6) is -0.474. The molecule has 1 N–H and O–H groups in total. The van der Waals surface area contributed by atoms with E-state index in [-0.39, 0.29) is 0 Å². The zero-order valence-electron chi connectivity index (χ0n) is 13.7. The summed E-state index contributed by atoms with van der Waals surface area (Å²) < 4.78 is 24.0. The van der Waals surface area contributed by atoms with E-state index in [1.807, 2.05) is 20.8 Å². The largest absolute Gasteiger partial charge is 0.503 e. The monoisotopic (exact) mass is 319 g/mol. The van der Waals surface area contributed by atoms with Crippen LogP contribution in [0.15, 0.2) is 0 Å². The lowest BCUT2D eigenvalue weighted by atomic mass is 10.1. The summed E-state index contributed by atoms with van der Waals surface area (Å²) in [7, 11) is -2.52. The SMILES string of the molecule is CCCC1(OCC)CCC[Si](OCC)(OCC)O1.N=C=O. The van der Waals surface area contributed by atoms with Gasteiger partial charge < -0.3 is 18.0 Å². The number of nitrogens with one attached hydrogen (secondary N) is 1. The molecule has 6 nitrogen and oxygen atoms in total. The molecule has 1 aliphatic rings. The zero-order valence-corrected chi connectivity index (χ0v) is 14.7. The van der Waals surface area contributed by atoms with E-state index in [1.165, 1.54) is 0 Å². The van der Waals surface area contributed by atoms with Gasteiger partial charge in [0.25, 0.3) is 0 Å². The van der Waals surface area contributed by atoms with Crippen molar-refractivity contribution in [2.75, 3.05) is 19.8 Å². The van der Waals surface area contributed by atoms with Crippen LogP contribution in [0.5, 0.6) is 0 Å². The van der Waals surface area contributed by atoms with Gasteiger partial charge in [-0.1, -0.05) is 13.3 Å². The number of isocyanates is 1. The Labute approximate surface area is 129 Å². The van der Waals surface area contributed by atoms with Gasteiger partial charge in [-0.3, -0.25) is 0 Å². The Kier molecular flexibility index (Phi) is 10.8. The summed E-state index contributed by atoms with van der Waals surface area (Å²) in [5, 5.41) is 5.40. The molecule has 1 rings (SSSR count). The Morgan fingerprint density at radius 1 is 1.19 bits per heavy atom. The van der Waals surface area contributed by atoms with Crippen molar-refractivity contribution in [1.82, 2.24) is 0 Å². The van der Waals surface area contributed by atoms with Crippen LogP contribution in [-0.4, -0.2) is 40.5 Å². The molecule has 0 aromatic heterocycles. The average Bonchev–Trinajstić information content (AvgIpc) is 2.41. The molecule has 1 atom stereocenters. The lowest BCUT2D eigenvalue weighted by Crippen LogP contribution is -2.57. The summed E-state index contributed by atoms with van der Waals surface area (Å²) in [5.41, 5.74) is 0. The maximum absolute atomic E-state index is 8.35. The molecule has 1 unspecified atom stereocenters. The van der Waals surface area contributed by atoms with Crippen LogP contribution in [0.3, 0.4) is 0 Å². The van der Waals surface area contributed by atoms with Crippen LogP contribution in [0.4, 0.5) is 0 Å². The number of ether oxygens (including phenoxy) is 1. The maximum Gasteiger partial charge on any atom is 0.503 e. The predicted octanol–water partition coefficient (Wildman–Crippen LogP) is 3.24. The van der Waals surface area contributed by atoms with Crippen LogP contribution >= 0.6 is 0 Å². The number of hydrogen-bond acceptors (Lipinski definition) is 6. The van der Waals surface area contributed by atoms with Crippen molar-refractivity contribution in [3.8, 4) is 0 Å². The summed E-state index contributed by atoms with van der Waals surface area (Å²) in [6.07, 6.45) is 4.72. The fraction of sp³-hybridized carbons (Fsp3) is 0.929. The topological polar surface area (TPSA) is 77.8 Å². The first-order chi connectivity index (χ1) is 10.1. The molecule has 1 aliphatic heterocycles. The van der Waals surface area contributed by atoms with E-state index in [2.05, 4.69) is 6.92 Å². The van der Waals surface area contributed by atoms with Gasteiger partial charge in [0.15, 0.2) is 5.79 Å². The van der Waals surface area contributed by atoms with Crippen molar-refractivity contribution in [3.63, 3.8) is 0 Å². The molecule has 1 fully saturated rings. The van der Waals surface area contributed by atoms with Crippen molar-refractivity contribution in [2.24, 2.45) is 0 Å². The van der Waals surface area contributed by atoms with Gasteiger partial charge in [0.1, 0.15) is 0 Å². The quantitative estimate of drug-likeness (QED) is 0.422. The van der Waals surface area contributed by atoms with Gasteiger partial charge >= 0.3 is 8.80 Å². The molecule has 0 aliphatic carbocycles. The average molecular weight is 319 g/mol. The Bertz CT molecular complexity index is 263. The molecule has 0 saturated carbocycles. The first kappa shape index (κ1) is 20.4. The number of carbonyl (C=O) groups excluding carboxylic acids is 1. The van der Waals surface area contributed by atoms with E-state index in [0.717, 1.165) is 37.8 Å². The molecule has 1 heterocycles. The molecular weight excluding hydrogens is 290 g/mol. The summed E-state index contributed by atoms with van der Waals surface area (Å²) in [4.78, 5) is 8.35. The summed E-state index contributed by atoms with van der Waals surface area (Å²) in [6, 6.07) is 0.910. The van der Waals surface area contributed by atoms with E-state index < -0.39 is 14.6 Å². The molecule has 0 aromatic rings. The second kappa shape index (κ2) is 11.1. The highest BCUT2D eigenvalue weighted by atomic mass is 28.4. The first-order valence-electron chi connectivity index (χ1n) is 7.73. The normalized spacial score (nSPS) is 23.8. The van der Waals surface area contributed by atoms with Crippen LogP contribution in [0.1, 0.15) is 53.4 Å². The smallest absolute Gasteiger partial charge is 0.374 e. The highest BCUT2D eigenvalue weighted by Crippen LogP contribution is 2.38. The maximum atomic E-state index is 8.35. The van der Waals surface area contributed by atoms with Crippen molar-refractivity contribution >= 4 is 14.9 Å². The van der Waals surface area contributed by atoms with Gasteiger partial charge in [-0.05, 0) is 27.2 Å². The third kappa shape index (κ3) is 6.82. The lowest BCUT2D eigenvalue weighted by Gasteiger charge is -2.44. The third-order valence-corrected chi connectivity index (χ3v) is 6.25. The van der Waals surface area contributed by atoms with Gasteiger partial charge in [0.05, 0.1) is 0 Å². The van der Waals surface area contributed by atoms with E-state index in [1.54, 1.807) is 0 Å². The fourth-order valence-corrected chi connectivity index (χ4v) is 5.55. The predicted molar refractivity (Wildman–Crippen MR) is 81.8 cm³/mol. The van der Waals surface area contributed by atoms with Gasteiger partial charge in [0.2, 0.25) is 6.08 Å². The van der Waals surface area contributed by atoms with Crippen LogP contribution in [0.2, 0.25) is 6.04 Å². The van der Waals surface area contributed by atoms with Crippen LogP contribution < -0.4 is 0 Å². The van der Waals surface area contributed by atoms with E-state index >= 15 is 0 Å². The van der Waals surface area contributed by atoms with Crippen molar-refractivity contribution in [2.45, 2.75) is 65.2 Å². The minimum absolute atomic E-state index is 0.474. The van der Waals surface area contributed by atoms with Crippen molar-refractivity contribution in [3.05, 3.63) is 0 Å². The summed E-state index contributed by atoms with van der Waals surface area (Å²) >= 11 is 0. The molecular formula is C14H29NO5Si.